The summed E-state index contributed by atoms with van der Waals surface area (Å²) in [6, 6.07) is 13.6. The van der Waals surface area contributed by atoms with E-state index in [2.05, 4.69) is 34.7 Å². The summed E-state index contributed by atoms with van der Waals surface area (Å²) in [5.41, 5.74) is 1.17. The van der Waals surface area contributed by atoms with Crippen LogP contribution in [0.3, 0.4) is 0 Å². The molecule has 0 atom stereocenters. The van der Waals surface area contributed by atoms with Gasteiger partial charge >= 0.3 is 0 Å². The number of aromatic hydroxyl groups is 1. The van der Waals surface area contributed by atoms with Crippen molar-refractivity contribution in [3.8, 4) is 21.9 Å². The van der Waals surface area contributed by atoms with Crippen molar-refractivity contribution in [2.45, 2.75) is 0 Å². The number of phenols is 1. The van der Waals surface area contributed by atoms with Gasteiger partial charge in [-0.05, 0) is 70.6 Å². The molecule has 0 aliphatic heterocycles. The molecule has 3 rings (SSSR count). The minimum atomic E-state index is 0.312. The Hall–Kier alpha value is -1.27. The summed E-state index contributed by atoms with van der Waals surface area (Å²) < 4.78 is 7.51. The number of fused-ring (bicyclic) bond motifs is 1. The first-order valence-corrected chi connectivity index (χ1v) is 7.64. The van der Waals surface area contributed by atoms with Crippen molar-refractivity contribution in [3.05, 3.63) is 46.0 Å². The normalized spacial score (nSPS) is 10.8. The second-order valence-corrected chi connectivity index (χ2v) is 6.29. The minimum absolute atomic E-state index is 0.312. The maximum Gasteiger partial charge on any atom is 0.118 e. The minimum Gasteiger partial charge on any atom is -0.508 e. The molecule has 0 bridgehead atoms. The molecule has 0 radical (unpaired) electrons. The highest BCUT2D eigenvalue weighted by Gasteiger charge is 2.12. The van der Waals surface area contributed by atoms with Gasteiger partial charge in [0.1, 0.15) is 11.5 Å². The Balaban J connectivity index is 2.15. The molecule has 19 heavy (non-hydrogen) atoms. The lowest BCUT2D eigenvalue weighted by Crippen LogP contribution is -1.82. The first-order chi connectivity index (χ1) is 9.19. The van der Waals surface area contributed by atoms with Crippen LogP contribution in [0, 0.1) is 3.57 Å². The number of thiophene rings is 1. The molecule has 0 unspecified atom stereocenters. The summed E-state index contributed by atoms with van der Waals surface area (Å²) in [6.07, 6.45) is 0. The monoisotopic (exact) mass is 382 g/mol. The van der Waals surface area contributed by atoms with Crippen LogP contribution in [0.5, 0.6) is 11.5 Å². The highest BCUT2D eigenvalue weighted by atomic mass is 127. The Morgan fingerprint density at radius 2 is 1.84 bits per heavy atom. The standard InChI is InChI=1S/C15H11IO2S/c1-18-11-5-2-9(3-6-11)15-14(16)12-7-4-10(17)8-13(12)19-15/h2-8,17H,1H3. The van der Waals surface area contributed by atoms with E-state index in [-0.39, 0.29) is 0 Å². The quantitative estimate of drug-likeness (QED) is 0.640. The number of hydrogen-bond acceptors (Lipinski definition) is 3. The molecule has 3 aromatic rings. The maximum absolute atomic E-state index is 9.56. The summed E-state index contributed by atoms with van der Waals surface area (Å²) in [6.45, 7) is 0. The van der Waals surface area contributed by atoms with Gasteiger partial charge < -0.3 is 9.84 Å². The molecular formula is C15H11IO2S. The van der Waals surface area contributed by atoms with Crippen molar-refractivity contribution in [2.75, 3.05) is 7.11 Å². The van der Waals surface area contributed by atoms with Crippen LogP contribution in [-0.4, -0.2) is 12.2 Å². The van der Waals surface area contributed by atoms with Crippen molar-refractivity contribution >= 4 is 44.0 Å². The van der Waals surface area contributed by atoms with Crippen LogP contribution in [0.15, 0.2) is 42.5 Å². The third-order valence-electron chi connectivity index (χ3n) is 2.97. The van der Waals surface area contributed by atoms with Gasteiger partial charge in [-0.1, -0.05) is 0 Å². The average Bonchev–Trinajstić information content (AvgIpc) is 2.75. The zero-order valence-corrected chi connectivity index (χ0v) is 13.2. The van der Waals surface area contributed by atoms with Gasteiger partial charge in [0.2, 0.25) is 0 Å². The molecule has 0 fully saturated rings. The van der Waals surface area contributed by atoms with Crippen molar-refractivity contribution in [3.63, 3.8) is 0 Å². The van der Waals surface area contributed by atoms with Gasteiger partial charge in [0.05, 0.1) is 7.11 Å². The number of ether oxygens (including phenoxy) is 1. The van der Waals surface area contributed by atoms with Crippen molar-refractivity contribution in [1.29, 1.82) is 0 Å². The molecule has 0 saturated heterocycles. The van der Waals surface area contributed by atoms with E-state index in [9.17, 15) is 5.11 Å². The number of methoxy groups -OCH3 is 1. The van der Waals surface area contributed by atoms with E-state index < -0.39 is 0 Å². The van der Waals surface area contributed by atoms with Gasteiger partial charge in [0.25, 0.3) is 0 Å². The van der Waals surface area contributed by atoms with Crippen LogP contribution < -0.4 is 4.74 Å². The van der Waals surface area contributed by atoms with E-state index in [1.807, 2.05) is 24.3 Å². The summed E-state index contributed by atoms with van der Waals surface area (Å²) in [7, 11) is 1.67. The largest absolute Gasteiger partial charge is 0.508 e. The van der Waals surface area contributed by atoms with E-state index in [1.54, 1.807) is 24.5 Å². The molecule has 1 aromatic heterocycles. The number of hydrogen-bond donors (Lipinski definition) is 1. The highest BCUT2D eigenvalue weighted by Crippen LogP contribution is 2.40. The lowest BCUT2D eigenvalue weighted by Gasteiger charge is -2.02. The van der Waals surface area contributed by atoms with Crippen LogP contribution in [0.2, 0.25) is 0 Å². The molecule has 1 heterocycles. The molecule has 0 spiro atoms. The lowest BCUT2D eigenvalue weighted by molar-refractivity contribution is 0.415. The first kappa shape index (κ1) is 12.7. The second-order valence-electron chi connectivity index (χ2n) is 4.15. The zero-order chi connectivity index (χ0) is 13.4. The first-order valence-electron chi connectivity index (χ1n) is 5.74. The topological polar surface area (TPSA) is 29.5 Å². The van der Waals surface area contributed by atoms with Crippen LogP contribution in [0.25, 0.3) is 20.5 Å². The number of phenolic OH excluding ortho intramolecular Hbond substituents is 1. The fourth-order valence-electron chi connectivity index (χ4n) is 1.98. The number of rotatable bonds is 2. The summed E-state index contributed by atoms with van der Waals surface area (Å²) in [5, 5.41) is 10.7. The molecule has 96 valence electrons. The van der Waals surface area contributed by atoms with Crippen molar-refractivity contribution < 1.29 is 9.84 Å². The highest BCUT2D eigenvalue weighted by molar-refractivity contribution is 14.1. The lowest BCUT2D eigenvalue weighted by atomic mass is 10.1. The number of halogens is 1. The number of benzene rings is 2. The van der Waals surface area contributed by atoms with Crippen molar-refractivity contribution in [2.24, 2.45) is 0 Å². The van der Waals surface area contributed by atoms with E-state index in [0.717, 1.165) is 10.4 Å². The molecule has 0 aliphatic carbocycles. The molecule has 0 aliphatic rings. The van der Waals surface area contributed by atoms with Gasteiger partial charge in [0, 0.05) is 18.5 Å². The van der Waals surface area contributed by atoms with Gasteiger partial charge in [-0.15, -0.1) is 11.3 Å². The van der Waals surface area contributed by atoms with Gasteiger partial charge in [0.15, 0.2) is 0 Å². The van der Waals surface area contributed by atoms with Crippen LogP contribution in [0.4, 0.5) is 0 Å². The van der Waals surface area contributed by atoms with Gasteiger partial charge in [-0.3, -0.25) is 0 Å². The van der Waals surface area contributed by atoms with Crippen LogP contribution in [0.1, 0.15) is 0 Å². The second kappa shape index (κ2) is 5.02. The molecule has 0 amide bonds. The Bertz CT molecular complexity index is 732. The Kier molecular flexibility index (Phi) is 3.36. The predicted octanol–water partition coefficient (Wildman–Crippen LogP) is 4.89. The molecule has 2 aromatic carbocycles. The summed E-state index contributed by atoms with van der Waals surface area (Å²) in [4.78, 5) is 1.23. The molecule has 4 heteroatoms. The zero-order valence-electron chi connectivity index (χ0n) is 10.2. The van der Waals surface area contributed by atoms with Crippen LogP contribution >= 0.6 is 33.9 Å². The predicted molar refractivity (Wildman–Crippen MR) is 88.2 cm³/mol. The Morgan fingerprint density at radius 1 is 1.11 bits per heavy atom. The fraction of sp³-hybridized carbons (Fsp3) is 0.0667. The average molecular weight is 382 g/mol. The summed E-state index contributed by atoms with van der Waals surface area (Å²) >= 11 is 4.06. The van der Waals surface area contributed by atoms with Gasteiger partial charge in [-0.25, -0.2) is 0 Å². The van der Waals surface area contributed by atoms with Crippen LogP contribution in [-0.2, 0) is 0 Å². The Morgan fingerprint density at radius 3 is 2.53 bits per heavy atom. The van der Waals surface area contributed by atoms with E-state index in [0.29, 0.717) is 5.75 Å². The third kappa shape index (κ3) is 2.30. The molecular weight excluding hydrogens is 371 g/mol. The molecule has 1 N–H and O–H groups in total. The fourth-order valence-corrected chi connectivity index (χ4v) is 4.41. The van der Waals surface area contributed by atoms with Crippen molar-refractivity contribution in [1.82, 2.24) is 0 Å². The van der Waals surface area contributed by atoms with E-state index in [4.69, 9.17) is 4.74 Å². The smallest absolute Gasteiger partial charge is 0.118 e. The van der Waals surface area contributed by atoms with Gasteiger partial charge in [-0.2, -0.15) is 0 Å². The molecule has 0 saturated carbocycles. The summed E-state index contributed by atoms with van der Waals surface area (Å²) in [5.74, 6) is 1.17. The SMILES string of the molecule is COc1ccc(-c2sc3cc(O)ccc3c2I)cc1. The van der Waals surface area contributed by atoms with E-state index in [1.165, 1.54) is 19.4 Å². The Labute approximate surface area is 128 Å². The van der Waals surface area contributed by atoms with E-state index >= 15 is 0 Å². The third-order valence-corrected chi connectivity index (χ3v) is 5.65. The maximum atomic E-state index is 9.56. The molecule has 2 nitrogen and oxygen atoms in total.